The van der Waals surface area contributed by atoms with Crippen LogP contribution in [0.15, 0.2) is 12.1 Å². The zero-order valence-corrected chi connectivity index (χ0v) is 12.2. The van der Waals surface area contributed by atoms with Gasteiger partial charge in [0.1, 0.15) is 0 Å². The van der Waals surface area contributed by atoms with Crippen LogP contribution in [0.4, 0.5) is 0 Å². The predicted octanol–water partition coefficient (Wildman–Crippen LogP) is 4.83. The molecular formula is C14H18Cl2O2. The molecule has 1 unspecified atom stereocenters. The average Bonchev–Trinajstić information content (AvgIpc) is 3.16. The molecule has 1 atom stereocenters. The summed E-state index contributed by atoms with van der Waals surface area (Å²) >= 11 is 12.7. The Bertz CT molecular complexity index is 417. The van der Waals surface area contributed by atoms with Gasteiger partial charge in [0.15, 0.2) is 11.5 Å². The van der Waals surface area contributed by atoms with Gasteiger partial charge in [0.05, 0.1) is 18.6 Å². The van der Waals surface area contributed by atoms with E-state index in [0.29, 0.717) is 29.9 Å². The lowest BCUT2D eigenvalue weighted by atomic mass is 10.1. The van der Waals surface area contributed by atoms with E-state index in [-0.39, 0.29) is 5.38 Å². The van der Waals surface area contributed by atoms with Gasteiger partial charge >= 0.3 is 0 Å². The minimum Gasteiger partial charge on any atom is -0.490 e. The SMILES string of the molecule is CCOc1cc(Cl)c(C(Cl)C2CC2)cc1OCC. The standard InChI is InChI=1S/C14H18Cl2O2/c1-3-17-12-7-10(14(16)9-5-6-9)11(15)8-13(12)18-4-2/h7-9,14H,3-6H2,1-2H3. The fraction of sp³-hybridized carbons (Fsp3) is 0.571. The molecule has 0 aliphatic heterocycles. The molecule has 1 saturated carbocycles. The Morgan fingerprint density at radius 1 is 1.17 bits per heavy atom. The van der Waals surface area contributed by atoms with Gasteiger partial charge in [-0.1, -0.05) is 11.6 Å². The Morgan fingerprint density at radius 3 is 2.22 bits per heavy atom. The van der Waals surface area contributed by atoms with Gasteiger partial charge in [0.2, 0.25) is 0 Å². The first kappa shape index (κ1) is 13.8. The van der Waals surface area contributed by atoms with Gasteiger partial charge in [-0.3, -0.25) is 0 Å². The molecule has 2 rings (SSSR count). The largest absolute Gasteiger partial charge is 0.490 e. The van der Waals surface area contributed by atoms with Crippen molar-refractivity contribution in [2.24, 2.45) is 5.92 Å². The molecule has 0 heterocycles. The topological polar surface area (TPSA) is 18.5 Å². The van der Waals surface area contributed by atoms with E-state index < -0.39 is 0 Å². The highest BCUT2D eigenvalue weighted by molar-refractivity contribution is 6.33. The van der Waals surface area contributed by atoms with Crippen molar-refractivity contribution in [1.82, 2.24) is 0 Å². The molecule has 0 bridgehead atoms. The first-order valence-corrected chi connectivity index (χ1v) is 7.21. The second-order valence-electron chi connectivity index (χ2n) is 4.43. The van der Waals surface area contributed by atoms with Crippen LogP contribution >= 0.6 is 23.2 Å². The van der Waals surface area contributed by atoms with Crippen LogP contribution in [-0.4, -0.2) is 13.2 Å². The van der Waals surface area contributed by atoms with Gasteiger partial charge < -0.3 is 9.47 Å². The first-order valence-electron chi connectivity index (χ1n) is 6.40. The van der Waals surface area contributed by atoms with Crippen LogP contribution in [0.25, 0.3) is 0 Å². The van der Waals surface area contributed by atoms with Crippen LogP contribution in [0.2, 0.25) is 5.02 Å². The van der Waals surface area contributed by atoms with Crippen molar-refractivity contribution >= 4 is 23.2 Å². The van der Waals surface area contributed by atoms with E-state index >= 15 is 0 Å². The van der Waals surface area contributed by atoms with Gasteiger partial charge in [-0.2, -0.15) is 0 Å². The molecule has 1 aromatic rings. The normalized spacial score (nSPS) is 16.4. The molecule has 4 heteroatoms. The fourth-order valence-corrected chi connectivity index (χ4v) is 2.70. The van der Waals surface area contributed by atoms with E-state index in [1.807, 2.05) is 26.0 Å². The number of hydrogen-bond donors (Lipinski definition) is 0. The van der Waals surface area contributed by atoms with Crippen molar-refractivity contribution in [3.8, 4) is 11.5 Å². The van der Waals surface area contributed by atoms with Crippen LogP contribution in [-0.2, 0) is 0 Å². The summed E-state index contributed by atoms with van der Waals surface area (Å²) in [5.74, 6) is 1.97. The molecule has 100 valence electrons. The van der Waals surface area contributed by atoms with E-state index in [1.165, 1.54) is 12.8 Å². The minimum atomic E-state index is -0.0209. The first-order chi connectivity index (χ1) is 8.67. The third-order valence-electron chi connectivity index (χ3n) is 3.00. The lowest BCUT2D eigenvalue weighted by Gasteiger charge is -2.16. The molecule has 0 aromatic heterocycles. The zero-order chi connectivity index (χ0) is 13.1. The molecule has 18 heavy (non-hydrogen) atoms. The summed E-state index contributed by atoms with van der Waals surface area (Å²) in [6, 6.07) is 3.73. The summed E-state index contributed by atoms with van der Waals surface area (Å²) in [7, 11) is 0. The number of hydrogen-bond acceptors (Lipinski definition) is 2. The van der Waals surface area contributed by atoms with Crippen molar-refractivity contribution in [2.45, 2.75) is 32.1 Å². The van der Waals surface area contributed by atoms with Gasteiger partial charge in [-0.05, 0) is 44.2 Å². The highest BCUT2D eigenvalue weighted by Crippen LogP contribution is 2.48. The van der Waals surface area contributed by atoms with Gasteiger partial charge in [-0.25, -0.2) is 0 Å². The summed E-state index contributed by atoms with van der Waals surface area (Å²) in [4.78, 5) is 0. The van der Waals surface area contributed by atoms with Crippen molar-refractivity contribution in [1.29, 1.82) is 0 Å². The molecule has 1 fully saturated rings. The third-order valence-corrected chi connectivity index (χ3v) is 3.91. The Kier molecular flexibility index (Phi) is 4.63. The molecule has 0 saturated heterocycles. The number of ether oxygens (including phenoxy) is 2. The Balaban J connectivity index is 2.32. The molecule has 2 nitrogen and oxygen atoms in total. The van der Waals surface area contributed by atoms with E-state index in [0.717, 1.165) is 11.3 Å². The summed E-state index contributed by atoms with van der Waals surface area (Å²) in [6.45, 7) is 5.06. The lowest BCUT2D eigenvalue weighted by Crippen LogP contribution is -2.01. The zero-order valence-electron chi connectivity index (χ0n) is 10.7. The van der Waals surface area contributed by atoms with Crippen LogP contribution < -0.4 is 9.47 Å². The summed E-state index contributed by atoms with van der Waals surface area (Å²) < 4.78 is 11.1. The number of rotatable bonds is 6. The Morgan fingerprint density at radius 2 is 1.72 bits per heavy atom. The summed E-state index contributed by atoms with van der Waals surface area (Å²) in [6.07, 6.45) is 2.36. The lowest BCUT2D eigenvalue weighted by molar-refractivity contribution is 0.287. The smallest absolute Gasteiger partial charge is 0.162 e. The Labute approximate surface area is 118 Å². The van der Waals surface area contributed by atoms with Crippen LogP contribution in [0.5, 0.6) is 11.5 Å². The molecule has 0 spiro atoms. The molecule has 0 N–H and O–H groups in total. The maximum atomic E-state index is 6.43. The maximum absolute atomic E-state index is 6.43. The van der Waals surface area contributed by atoms with E-state index in [4.69, 9.17) is 32.7 Å². The average molecular weight is 289 g/mol. The number of alkyl halides is 1. The van der Waals surface area contributed by atoms with Crippen molar-refractivity contribution < 1.29 is 9.47 Å². The molecule has 1 aliphatic carbocycles. The maximum Gasteiger partial charge on any atom is 0.162 e. The Hall–Kier alpha value is -0.600. The van der Waals surface area contributed by atoms with Crippen molar-refractivity contribution in [2.75, 3.05) is 13.2 Å². The van der Waals surface area contributed by atoms with Gasteiger partial charge in [-0.15, -0.1) is 11.6 Å². The number of halogens is 2. The second kappa shape index (κ2) is 6.03. The fourth-order valence-electron chi connectivity index (χ4n) is 1.94. The van der Waals surface area contributed by atoms with Crippen LogP contribution in [0.3, 0.4) is 0 Å². The predicted molar refractivity (Wildman–Crippen MR) is 75.1 cm³/mol. The van der Waals surface area contributed by atoms with Crippen molar-refractivity contribution in [3.63, 3.8) is 0 Å². The van der Waals surface area contributed by atoms with Crippen LogP contribution in [0.1, 0.15) is 37.6 Å². The van der Waals surface area contributed by atoms with E-state index in [9.17, 15) is 0 Å². The monoisotopic (exact) mass is 288 g/mol. The highest BCUT2D eigenvalue weighted by Gasteiger charge is 2.32. The quantitative estimate of drug-likeness (QED) is 0.698. The van der Waals surface area contributed by atoms with Gasteiger partial charge in [0, 0.05) is 11.1 Å². The number of benzene rings is 1. The summed E-state index contributed by atoms with van der Waals surface area (Å²) in [5, 5.41) is 0.640. The van der Waals surface area contributed by atoms with Crippen LogP contribution in [0, 0.1) is 5.92 Å². The van der Waals surface area contributed by atoms with Gasteiger partial charge in [0.25, 0.3) is 0 Å². The van der Waals surface area contributed by atoms with E-state index in [2.05, 4.69) is 0 Å². The second-order valence-corrected chi connectivity index (χ2v) is 5.30. The molecule has 1 aromatic carbocycles. The molecule has 1 aliphatic rings. The molecular weight excluding hydrogens is 271 g/mol. The third kappa shape index (κ3) is 3.04. The molecule has 0 radical (unpaired) electrons. The summed E-state index contributed by atoms with van der Waals surface area (Å²) in [5.41, 5.74) is 0.952. The van der Waals surface area contributed by atoms with E-state index in [1.54, 1.807) is 0 Å². The van der Waals surface area contributed by atoms with Crippen molar-refractivity contribution in [3.05, 3.63) is 22.7 Å². The minimum absolute atomic E-state index is 0.0209. The molecule has 0 amide bonds. The highest BCUT2D eigenvalue weighted by atomic mass is 35.5.